The number of fused-ring (bicyclic) bond motifs is 5. The molecular weight excluding hydrogens is 672 g/mol. The molecule has 10 heteroatoms. The first-order valence-corrected chi connectivity index (χ1v) is 17.6. The highest BCUT2D eigenvalue weighted by Crippen LogP contribution is 2.50. The zero-order valence-electron chi connectivity index (χ0n) is 31.2. The minimum atomic E-state index is -0.252. The van der Waals surface area contributed by atoms with Crippen molar-refractivity contribution in [3.63, 3.8) is 0 Å². The van der Waals surface area contributed by atoms with E-state index < -0.39 is 0 Å². The summed E-state index contributed by atoms with van der Waals surface area (Å²) < 4.78 is 17.6. The fraction of sp³-hybridized carbons (Fsp3) is 0.395. The zero-order chi connectivity index (χ0) is 37.5. The molecule has 0 saturated heterocycles. The second-order valence-corrected chi connectivity index (χ2v) is 14.8. The number of quaternary nitrogens is 1. The van der Waals surface area contributed by atoms with Gasteiger partial charge < -0.3 is 44.2 Å². The van der Waals surface area contributed by atoms with Crippen molar-refractivity contribution in [2.75, 3.05) is 62.6 Å². The standard InChI is InChI=1S/C23H30NO4.C19H21NO4.CH4/c1-24(2,3)10-9-16-11-17(14-25)23(28-6)22-18(16)8-7-15-12-20(26-4)21(27-5)13-19(15)22;1-20-3-2-10-6-17(24)14(9-22)19-13-4-12(8-21)16(23)7-11(13)5-15(20)18(10)19;/h7-8,11-13,25H,9-10,14H2,1-6H3;4,6-7,15,21-24H,2-3,5,8-9H2,1H3;1H4/q+1;;/t;15-;/m.1./s1. The van der Waals surface area contributed by atoms with Crippen molar-refractivity contribution in [2.45, 2.75) is 52.6 Å². The minimum Gasteiger partial charge on any atom is -0.508 e. The molecule has 0 unspecified atom stereocenters. The monoisotopic (exact) mass is 727 g/mol. The Balaban J connectivity index is 0.000000202. The lowest BCUT2D eigenvalue weighted by Gasteiger charge is -2.40. The summed E-state index contributed by atoms with van der Waals surface area (Å²) >= 11 is 0. The van der Waals surface area contributed by atoms with Gasteiger partial charge in [0.05, 0.1) is 68.8 Å². The van der Waals surface area contributed by atoms with Gasteiger partial charge in [-0.2, -0.15) is 0 Å². The Labute approximate surface area is 312 Å². The molecule has 0 spiro atoms. The number of benzene rings is 5. The van der Waals surface area contributed by atoms with Gasteiger partial charge in [0.2, 0.25) is 0 Å². The average molecular weight is 728 g/mol. The van der Waals surface area contributed by atoms with E-state index in [2.05, 4.69) is 51.3 Å². The van der Waals surface area contributed by atoms with Crippen LogP contribution >= 0.6 is 0 Å². The summed E-state index contributed by atoms with van der Waals surface area (Å²) in [4.78, 5) is 2.28. The molecule has 0 fully saturated rings. The third kappa shape index (κ3) is 7.34. The molecule has 284 valence electrons. The number of rotatable bonds is 9. The lowest BCUT2D eigenvalue weighted by atomic mass is 9.74. The van der Waals surface area contributed by atoms with Crippen molar-refractivity contribution in [2.24, 2.45) is 0 Å². The molecule has 0 saturated carbocycles. The highest BCUT2D eigenvalue weighted by Gasteiger charge is 2.35. The van der Waals surface area contributed by atoms with Crippen molar-refractivity contribution >= 4 is 21.5 Å². The second kappa shape index (κ2) is 15.8. The molecule has 53 heavy (non-hydrogen) atoms. The Morgan fingerprint density at radius 1 is 0.755 bits per heavy atom. The van der Waals surface area contributed by atoms with Gasteiger partial charge in [-0.05, 0) is 106 Å². The highest BCUT2D eigenvalue weighted by atomic mass is 16.5. The zero-order valence-corrected chi connectivity index (χ0v) is 31.2. The number of methoxy groups -OCH3 is 3. The molecule has 0 aromatic heterocycles. The summed E-state index contributed by atoms with van der Waals surface area (Å²) in [6.07, 6.45) is 2.53. The number of hydrogen-bond acceptors (Lipinski definition) is 9. The number of phenols is 2. The second-order valence-electron chi connectivity index (χ2n) is 14.8. The van der Waals surface area contributed by atoms with E-state index in [0.29, 0.717) is 28.4 Å². The minimum absolute atomic E-state index is 0. The van der Waals surface area contributed by atoms with Gasteiger partial charge in [0.15, 0.2) is 11.5 Å². The van der Waals surface area contributed by atoms with Crippen LogP contribution in [0.5, 0.6) is 28.7 Å². The van der Waals surface area contributed by atoms with E-state index in [1.807, 2.05) is 12.1 Å². The highest BCUT2D eigenvalue weighted by molar-refractivity contribution is 6.13. The van der Waals surface area contributed by atoms with E-state index in [4.69, 9.17) is 14.2 Å². The molecule has 2 aliphatic rings. The van der Waals surface area contributed by atoms with Gasteiger partial charge in [-0.1, -0.05) is 19.6 Å². The molecule has 1 heterocycles. The maximum atomic E-state index is 10.4. The van der Waals surface area contributed by atoms with Gasteiger partial charge in [-0.25, -0.2) is 0 Å². The number of likely N-dealkylation sites (N-methyl/N-ethyl adjacent to an activating group) is 2. The molecule has 10 nitrogen and oxygen atoms in total. The summed E-state index contributed by atoms with van der Waals surface area (Å²) in [5, 5.41) is 54.0. The molecule has 1 aliphatic heterocycles. The molecule has 0 radical (unpaired) electrons. The van der Waals surface area contributed by atoms with E-state index in [0.717, 1.165) is 91.8 Å². The van der Waals surface area contributed by atoms with Gasteiger partial charge in [-0.3, -0.25) is 4.90 Å². The molecule has 0 bridgehead atoms. The van der Waals surface area contributed by atoms with Gasteiger partial charge >= 0.3 is 0 Å². The van der Waals surface area contributed by atoms with E-state index in [1.165, 1.54) is 5.56 Å². The third-order valence-electron chi connectivity index (χ3n) is 10.6. The predicted octanol–water partition coefficient (Wildman–Crippen LogP) is 6.23. The van der Waals surface area contributed by atoms with Crippen LogP contribution in [0.15, 0.2) is 48.5 Å². The first-order valence-electron chi connectivity index (χ1n) is 17.6. The Hall–Kier alpha value is -4.58. The van der Waals surface area contributed by atoms with Crippen LogP contribution < -0.4 is 14.2 Å². The van der Waals surface area contributed by atoms with Gasteiger partial charge in [0, 0.05) is 41.1 Å². The lowest BCUT2D eigenvalue weighted by molar-refractivity contribution is -0.870. The Morgan fingerprint density at radius 3 is 2.06 bits per heavy atom. The number of aliphatic hydroxyl groups is 3. The van der Waals surface area contributed by atoms with Crippen LogP contribution in [-0.2, 0) is 39.1 Å². The fourth-order valence-corrected chi connectivity index (χ4v) is 7.87. The number of hydrogen-bond donors (Lipinski definition) is 5. The van der Waals surface area contributed by atoms with Crippen LogP contribution in [-0.4, -0.2) is 97.5 Å². The quantitative estimate of drug-likeness (QED) is 0.0886. The van der Waals surface area contributed by atoms with Crippen molar-refractivity contribution < 1.29 is 44.2 Å². The van der Waals surface area contributed by atoms with Gasteiger partial charge in [-0.15, -0.1) is 0 Å². The summed E-state index contributed by atoms with van der Waals surface area (Å²) in [6.45, 7) is 1.33. The molecule has 0 amide bonds. The number of ether oxygens (including phenoxy) is 3. The van der Waals surface area contributed by atoms with Crippen LogP contribution in [0.4, 0.5) is 0 Å². The summed E-state index contributed by atoms with van der Waals surface area (Å²) in [6, 6.07) is 15.7. The third-order valence-corrected chi connectivity index (χ3v) is 10.6. The maximum absolute atomic E-state index is 10.4. The Kier molecular flexibility index (Phi) is 11.8. The van der Waals surface area contributed by atoms with Gasteiger partial charge in [0.1, 0.15) is 17.2 Å². The average Bonchev–Trinajstić information content (AvgIpc) is 3.13. The summed E-state index contributed by atoms with van der Waals surface area (Å²) in [5.41, 5.74) is 7.99. The van der Waals surface area contributed by atoms with Crippen LogP contribution in [0.1, 0.15) is 52.4 Å². The van der Waals surface area contributed by atoms with Crippen molar-refractivity contribution in [3.05, 3.63) is 87.5 Å². The first kappa shape index (κ1) is 39.6. The SMILES string of the molecule is C.CN1CCc2cc(O)c(CO)c3c2[C@H]1Cc1cc(O)c(CO)cc1-3.COc1cc2ccc3c(CC[N+](C)(C)C)cc(CO)c(OC)c3c2cc1OC. The number of aromatic hydroxyl groups is 2. The first-order chi connectivity index (χ1) is 24.9. The molecule has 5 N–H and O–H groups in total. The lowest BCUT2D eigenvalue weighted by Crippen LogP contribution is -2.36. The fourth-order valence-electron chi connectivity index (χ4n) is 7.87. The summed E-state index contributed by atoms with van der Waals surface area (Å²) in [5.74, 6) is 2.28. The van der Waals surface area contributed by atoms with Crippen molar-refractivity contribution in [1.29, 1.82) is 0 Å². The maximum Gasteiger partial charge on any atom is 0.161 e. The van der Waals surface area contributed by atoms with Crippen molar-refractivity contribution in [1.82, 2.24) is 4.90 Å². The van der Waals surface area contributed by atoms with E-state index >= 15 is 0 Å². The topological polar surface area (TPSA) is 132 Å². The molecule has 5 aromatic rings. The molecule has 7 rings (SSSR count). The normalized spacial score (nSPS) is 14.9. The largest absolute Gasteiger partial charge is 0.508 e. The van der Waals surface area contributed by atoms with Crippen LogP contribution in [0.2, 0.25) is 0 Å². The number of aliphatic hydroxyl groups excluding tert-OH is 3. The van der Waals surface area contributed by atoms with Gasteiger partial charge in [0.25, 0.3) is 0 Å². The Morgan fingerprint density at radius 2 is 1.43 bits per heavy atom. The smallest absolute Gasteiger partial charge is 0.161 e. The molecule has 5 aromatic carbocycles. The van der Waals surface area contributed by atoms with E-state index in [-0.39, 0.29) is 44.8 Å². The van der Waals surface area contributed by atoms with E-state index in [1.54, 1.807) is 39.5 Å². The molecular formula is C43H55N2O8+. The van der Waals surface area contributed by atoms with Crippen LogP contribution in [0.25, 0.3) is 32.7 Å². The molecule has 1 atom stereocenters. The van der Waals surface area contributed by atoms with Crippen LogP contribution in [0, 0.1) is 0 Å². The van der Waals surface area contributed by atoms with E-state index in [9.17, 15) is 25.5 Å². The Bertz CT molecular complexity index is 2140. The molecule has 1 aliphatic carbocycles. The number of nitrogens with zero attached hydrogens (tertiary/aromatic N) is 2. The predicted molar refractivity (Wildman–Crippen MR) is 210 cm³/mol. The van der Waals surface area contributed by atoms with Crippen molar-refractivity contribution in [3.8, 4) is 39.9 Å². The summed E-state index contributed by atoms with van der Waals surface area (Å²) in [7, 11) is 13.6. The van der Waals surface area contributed by atoms with Crippen LogP contribution in [0.3, 0.4) is 0 Å².